The van der Waals surface area contributed by atoms with Gasteiger partial charge in [0.25, 0.3) is 0 Å². The smallest absolute Gasteiger partial charge is 0.307 e. The second-order valence-electron chi connectivity index (χ2n) is 6.62. The SMILES string of the molecule is COC(=O)CCC(=O)OC(c1ccccc1)(c1ccc(O)cc1)c1ccccc1Cl. The lowest BCUT2D eigenvalue weighted by Gasteiger charge is -2.36. The van der Waals surface area contributed by atoms with Crippen molar-refractivity contribution in [3.05, 3.63) is 101 Å². The lowest BCUT2D eigenvalue weighted by molar-refractivity contribution is -0.156. The molecule has 30 heavy (non-hydrogen) atoms. The Morgan fingerprint density at radius 2 is 1.40 bits per heavy atom. The Labute approximate surface area is 179 Å². The molecule has 0 aliphatic carbocycles. The van der Waals surface area contributed by atoms with E-state index in [1.54, 1.807) is 30.3 Å². The number of ether oxygens (including phenoxy) is 2. The molecule has 154 valence electrons. The van der Waals surface area contributed by atoms with Crippen molar-refractivity contribution in [2.24, 2.45) is 0 Å². The van der Waals surface area contributed by atoms with E-state index in [-0.39, 0.29) is 18.6 Å². The largest absolute Gasteiger partial charge is 0.508 e. The summed E-state index contributed by atoms with van der Waals surface area (Å²) >= 11 is 6.56. The van der Waals surface area contributed by atoms with Crippen LogP contribution < -0.4 is 0 Å². The van der Waals surface area contributed by atoms with Crippen LogP contribution in [0, 0.1) is 0 Å². The van der Waals surface area contributed by atoms with Crippen LogP contribution in [-0.2, 0) is 24.7 Å². The number of rotatable bonds is 7. The van der Waals surface area contributed by atoms with Crippen LogP contribution in [0.25, 0.3) is 0 Å². The predicted octanol–water partition coefficient (Wildman–Crippen LogP) is 4.83. The number of esters is 2. The maximum atomic E-state index is 12.9. The molecule has 0 radical (unpaired) electrons. The highest BCUT2D eigenvalue weighted by Crippen LogP contribution is 2.44. The number of aromatic hydroxyl groups is 1. The number of hydrogen-bond acceptors (Lipinski definition) is 5. The van der Waals surface area contributed by atoms with E-state index in [1.807, 2.05) is 36.4 Å². The number of hydrogen-bond donors (Lipinski definition) is 1. The van der Waals surface area contributed by atoms with Gasteiger partial charge in [-0.1, -0.05) is 72.3 Å². The third kappa shape index (κ3) is 4.47. The third-order valence-electron chi connectivity index (χ3n) is 4.74. The Balaban J connectivity index is 2.19. The van der Waals surface area contributed by atoms with Crippen molar-refractivity contribution in [3.63, 3.8) is 0 Å². The number of carbonyl (C=O) groups is 2. The highest BCUT2D eigenvalue weighted by molar-refractivity contribution is 6.31. The van der Waals surface area contributed by atoms with Gasteiger partial charge in [0.15, 0.2) is 5.60 Å². The Bertz CT molecular complexity index is 1020. The minimum absolute atomic E-state index is 0.0805. The molecule has 0 aliphatic rings. The molecule has 0 heterocycles. The van der Waals surface area contributed by atoms with Crippen molar-refractivity contribution in [1.82, 2.24) is 0 Å². The van der Waals surface area contributed by atoms with E-state index in [0.717, 1.165) is 0 Å². The third-order valence-corrected chi connectivity index (χ3v) is 5.06. The second-order valence-corrected chi connectivity index (χ2v) is 7.03. The summed E-state index contributed by atoms with van der Waals surface area (Å²) in [4.78, 5) is 24.4. The fourth-order valence-electron chi connectivity index (χ4n) is 3.29. The molecule has 5 nitrogen and oxygen atoms in total. The molecule has 1 N–H and O–H groups in total. The molecule has 0 fully saturated rings. The van der Waals surface area contributed by atoms with Crippen molar-refractivity contribution < 1.29 is 24.2 Å². The van der Waals surface area contributed by atoms with Crippen molar-refractivity contribution in [3.8, 4) is 5.75 Å². The van der Waals surface area contributed by atoms with Crippen molar-refractivity contribution >= 4 is 23.5 Å². The summed E-state index contributed by atoms with van der Waals surface area (Å²) < 4.78 is 10.7. The average Bonchev–Trinajstić information content (AvgIpc) is 2.77. The van der Waals surface area contributed by atoms with E-state index >= 15 is 0 Å². The maximum Gasteiger partial charge on any atom is 0.307 e. The molecule has 0 amide bonds. The lowest BCUT2D eigenvalue weighted by atomic mass is 9.80. The van der Waals surface area contributed by atoms with Crippen LogP contribution in [0.4, 0.5) is 0 Å². The Kier molecular flexibility index (Phi) is 6.75. The molecule has 1 unspecified atom stereocenters. The van der Waals surface area contributed by atoms with E-state index in [4.69, 9.17) is 16.3 Å². The highest BCUT2D eigenvalue weighted by atomic mass is 35.5. The highest BCUT2D eigenvalue weighted by Gasteiger charge is 2.42. The van der Waals surface area contributed by atoms with E-state index in [0.29, 0.717) is 21.7 Å². The fourth-order valence-corrected chi connectivity index (χ4v) is 3.56. The monoisotopic (exact) mass is 424 g/mol. The van der Waals surface area contributed by atoms with Gasteiger partial charge < -0.3 is 14.6 Å². The van der Waals surface area contributed by atoms with E-state index in [2.05, 4.69) is 4.74 Å². The molecule has 3 aromatic carbocycles. The van der Waals surface area contributed by atoms with Crippen LogP contribution >= 0.6 is 11.6 Å². The normalized spacial score (nSPS) is 12.6. The molecular weight excluding hydrogens is 404 g/mol. The Hall–Kier alpha value is -3.31. The summed E-state index contributed by atoms with van der Waals surface area (Å²) in [5.74, 6) is -1.01. The zero-order valence-corrected chi connectivity index (χ0v) is 17.1. The zero-order chi connectivity index (χ0) is 21.6. The van der Waals surface area contributed by atoms with Crippen LogP contribution in [-0.4, -0.2) is 24.2 Å². The minimum atomic E-state index is -1.37. The number of benzene rings is 3. The molecule has 0 spiro atoms. The first-order valence-electron chi connectivity index (χ1n) is 9.36. The number of methoxy groups -OCH3 is 1. The first kappa shape index (κ1) is 21.4. The van der Waals surface area contributed by atoms with Crippen molar-refractivity contribution in [2.75, 3.05) is 7.11 Å². The summed E-state index contributed by atoms with van der Waals surface area (Å²) in [6.07, 6.45) is -0.248. The van der Waals surface area contributed by atoms with Crippen molar-refractivity contribution in [2.45, 2.75) is 18.4 Å². The second kappa shape index (κ2) is 9.46. The summed E-state index contributed by atoms with van der Waals surface area (Å²) in [5, 5.41) is 10.2. The summed E-state index contributed by atoms with van der Waals surface area (Å²) in [5.41, 5.74) is 0.469. The number of halogens is 1. The Morgan fingerprint density at radius 1 is 0.833 bits per heavy atom. The topological polar surface area (TPSA) is 72.8 Å². The summed E-state index contributed by atoms with van der Waals surface area (Å²) in [6, 6.07) is 22.7. The number of phenols is 1. The van der Waals surface area contributed by atoms with Crippen LogP contribution in [0.3, 0.4) is 0 Å². The van der Waals surface area contributed by atoms with Crippen molar-refractivity contribution in [1.29, 1.82) is 0 Å². The van der Waals surface area contributed by atoms with Gasteiger partial charge in [-0.15, -0.1) is 0 Å². The van der Waals surface area contributed by atoms with Gasteiger partial charge in [0, 0.05) is 21.7 Å². The summed E-state index contributed by atoms with van der Waals surface area (Å²) in [6.45, 7) is 0. The van der Waals surface area contributed by atoms with E-state index in [1.165, 1.54) is 19.2 Å². The molecule has 6 heteroatoms. The Morgan fingerprint density at radius 3 is 2.03 bits per heavy atom. The standard InChI is InChI=1S/C24H21ClO5/c1-29-22(27)15-16-23(28)30-24(17-7-3-2-4-8-17,18-11-13-19(26)14-12-18)20-9-5-6-10-21(20)25/h2-14,26H,15-16H2,1H3. The summed E-state index contributed by atoms with van der Waals surface area (Å²) in [7, 11) is 1.27. The van der Waals surface area contributed by atoms with Gasteiger partial charge in [-0.3, -0.25) is 9.59 Å². The molecule has 1 atom stereocenters. The van der Waals surface area contributed by atoms with Gasteiger partial charge in [-0.2, -0.15) is 0 Å². The van der Waals surface area contributed by atoms with Gasteiger partial charge in [0.2, 0.25) is 0 Å². The molecule has 0 bridgehead atoms. The minimum Gasteiger partial charge on any atom is -0.508 e. The van der Waals surface area contributed by atoms with Crippen LogP contribution in [0.5, 0.6) is 5.75 Å². The molecule has 3 aromatic rings. The zero-order valence-electron chi connectivity index (χ0n) is 16.4. The van der Waals surface area contributed by atoms with Gasteiger partial charge in [-0.25, -0.2) is 0 Å². The number of phenolic OH excluding ortho intramolecular Hbond substituents is 1. The lowest BCUT2D eigenvalue weighted by Crippen LogP contribution is -2.35. The number of carbonyl (C=O) groups excluding carboxylic acids is 2. The van der Waals surface area contributed by atoms with Crippen LogP contribution in [0.15, 0.2) is 78.9 Å². The molecule has 3 rings (SSSR count). The van der Waals surface area contributed by atoms with Gasteiger partial charge in [0.05, 0.1) is 20.0 Å². The quantitative estimate of drug-likeness (QED) is 0.434. The first-order chi connectivity index (χ1) is 14.5. The molecule has 0 aliphatic heterocycles. The van der Waals surface area contributed by atoms with Crippen LogP contribution in [0.1, 0.15) is 29.5 Å². The molecule has 0 saturated carbocycles. The molecular formula is C24H21ClO5. The molecule has 0 saturated heterocycles. The molecule has 0 aromatic heterocycles. The average molecular weight is 425 g/mol. The van der Waals surface area contributed by atoms with Gasteiger partial charge >= 0.3 is 11.9 Å². The predicted molar refractivity (Wildman–Crippen MR) is 113 cm³/mol. The van der Waals surface area contributed by atoms with E-state index < -0.39 is 17.5 Å². The van der Waals surface area contributed by atoms with Gasteiger partial charge in [0.1, 0.15) is 5.75 Å². The first-order valence-corrected chi connectivity index (χ1v) is 9.74. The fraction of sp³-hybridized carbons (Fsp3) is 0.167. The maximum absolute atomic E-state index is 12.9. The van der Waals surface area contributed by atoms with Gasteiger partial charge in [-0.05, 0) is 18.2 Å². The van der Waals surface area contributed by atoms with E-state index in [9.17, 15) is 14.7 Å². The van der Waals surface area contributed by atoms with Crippen LogP contribution in [0.2, 0.25) is 5.02 Å².